The Labute approximate surface area is 125 Å². The first kappa shape index (κ1) is 15.0. The molecule has 0 unspecified atom stereocenters. The van der Waals surface area contributed by atoms with Gasteiger partial charge in [0.15, 0.2) is 6.33 Å². The molecule has 0 radical (unpaired) electrons. The molecule has 0 spiro atoms. The predicted octanol–water partition coefficient (Wildman–Crippen LogP) is 2.28. The Morgan fingerprint density at radius 2 is 2.00 bits per heavy atom. The minimum atomic E-state index is -4.33. The summed E-state index contributed by atoms with van der Waals surface area (Å²) in [5, 5.41) is 15.1. The first-order valence-corrected chi connectivity index (χ1v) is 7.16. The molecular weight excluding hydrogens is 295 g/mol. The lowest BCUT2D eigenvalue weighted by Crippen LogP contribution is -2.36. The van der Waals surface area contributed by atoms with E-state index in [1.807, 2.05) is 0 Å². The van der Waals surface area contributed by atoms with Gasteiger partial charge in [0, 0.05) is 6.54 Å². The zero-order chi connectivity index (χ0) is 15.6. The third-order valence-electron chi connectivity index (χ3n) is 3.97. The largest absolute Gasteiger partial charge is 0.416 e. The average Bonchev–Trinajstić information content (AvgIpc) is 3.02. The second-order valence-electron chi connectivity index (χ2n) is 5.43. The molecule has 1 fully saturated rings. The van der Waals surface area contributed by atoms with Gasteiger partial charge in [-0.25, -0.2) is 0 Å². The summed E-state index contributed by atoms with van der Waals surface area (Å²) in [6.45, 7) is 1.74. The topological polar surface area (TPSA) is 55.6 Å². The molecule has 0 aliphatic carbocycles. The highest BCUT2D eigenvalue weighted by Gasteiger charge is 2.32. The number of rotatable bonds is 3. The molecule has 0 saturated carbocycles. The zero-order valence-electron chi connectivity index (χ0n) is 11.8. The van der Waals surface area contributed by atoms with E-state index in [-0.39, 0.29) is 12.0 Å². The molecule has 0 bridgehead atoms. The van der Waals surface area contributed by atoms with E-state index in [1.54, 1.807) is 0 Å². The summed E-state index contributed by atoms with van der Waals surface area (Å²) in [5.74, 6) is 0.222. The van der Waals surface area contributed by atoms with E-state index in [0.717, 1.165) is 43.6 Å². The molecule has 2 atom stereocenters. The number of tetrazole rings is 1. The highest BCUT2D eigenvalue weighted by Crippen LogP contribution is 2.33. The molecule has 0 amide bonds. The van der Waals surface area contributed by atoms with Crippen LogP contribution in [-0.4, -0.2) is 33.3 Å². The summed E-state index contributed by atoms with van der Waals surface area (Å²) < 4.78 is 38.1. The minimum Gasteiger partial charge on any atom is -0.316 e. The lowest BCUT2D eigenvalue weighted by Gasteiger charge is -2.30. The maximum Gasteiger partial charge on any atom is 0.416 e. The van der Waals surface area contributed by atoms with E-state index in [0.29, 0.717) is 0 Å². The highest BCUT2D eigenvalue weighted by atomic mass is 19.4. The Balaban J connectivity index is 1.92. The van der Waals surface area contributed by atoms with Crippen LogP contribution in [0.3, 0.4) is 0 Å². The van der Waals surface area contributed by atoms with Gasteiger partial charge in [-0.3, -0.25) is 0 Å². The summed E-state index contributed by atoms with van der Waals surface area (Å²) in [7, 11) is 0. The van der Waals surface area contributed by atoms with E-state index in [9.17, 15) is 13.2 Å². The van der Waals surface area contributed by atoms with Crippen molar-refractivity contribution in [2.75, 3.05) is 13.1 Å². The number of halogens is 3. The molecule has 2 heterocycles. The van der Waals surface area contributed by atoms with Crippen LogP contribution in [0.5, 0.6) is 0 Å². The van der Waals surface area contributed by atoms with Crippen LogP contribution < -0.4 is 5.32 Å². The number of alkyl halides is 3. The third kappa shape index (κ3) is 3.11. The highest BCUT2D eigenvalue weighted by molar-refractivity contribution is 5.27. The second kappa shape index (κ2) is 6.04. The van der Waals surface area contributed by atoms with Crippen LogP contribution in [0.15, 0.2) is 30.6 Å². The molecule has 5 nitrogen and oxygen atoms in total. The Morgan fingerprint density at radius 1 is 1.23 bits per heavy atom. The molecule has 118 valence electrons. The quantitative estimate of drug-likeness (QED) is 0.945. The van der Waals surface area contributed by atoms with Gasteiger partial charge in [0.05, 0.1) is 5.56 Å². The number of nitrogens with zero attached hydrogens (tertiary/aromatic N) is 4. The van der Waals surface area contributed by atoms with Crippen molar-refractivity contribution in [3.05, 3.63) is 41.7 Å². The minimum absolute atomic E-state index is 0.211. The van der Waals surface area contributed by atoms with E-state index in [1.165, 1.54) is 23.3 Å². The molecule has 2 aromatic rings. The van der Waals surface area contributed by atoms with Gasteiger partial charge >= 0.3 is 6.18 Å². The maximum atomic E-state index is 12.7. The van der Waals surface area contributed by atoms with E-state index in [4.69, 9.17) is 0 Å². The van der Waals surface area contributed by atoms with Crippen molar-refractivity contribution in [3.63, 3.8) is 0 Å². The fraction of sp³-hybridized carbons (Fsp3) is 0.500. The number of aromatic nitrogens is 4. The smallest absolute Gasteiger partial charge is 0.316 e. The van der Waals surface area contributed by atoms with Gasteiger partial charge in [-0.15, -0.1) is 10.2 Å². The lowest BCUT2D eigenvalue weighted by molar-refractivity contribution is -0.137. The van der Waals surface area contributed by atoms with Gasteiger partial charge in [-0.2, -0.15) is 18.0 Å². The molecule has 1 aromatic carbocycles. The molecular formula is C14H16F3N5. The van der Waals surface area contributed by atoms with Crippen molar-refractivity contribution in [2.24, 2.45) is 5.92 Å². The molecule has 1 aliphatic heterocycles. The van der Waals surface area contributed by atoms with Gasteiger partial charge < -0.3 is 5.32 Å². The van der Waals surface area contributed by atoms with Crippen LogP contribution in [0.25, 0.3) is 0 Å². The summed E-state index contributed by atoms with van der Waals surface area (Å²) in [4.78, 5) is 1.49. The summed E-state index contributed by atoms with van der Waals surface area (Å²) in [6, 6.07) is 5.01. The van der Waals surface area contributed by atoms with Crippen LogP contribution in [0.2, 0.25) is 0 Å². The zero-order valence-corrected chi connectivity index (χ0v) is 11.8. The van der Waals surface area contributed by atoms with Gasteiger partial charge in [-0.05, 0) is 48.2 Å². The lowest BCUT2D eigenvalue weighted by atomic mass is 9.87. The van der Waals surface area contributed by atoms with Crippen LogP contribution in [0.1, 0.15) is 30.0 Å². The molecule has 8 heteroatoms. The number of hydrogen-bond donors (Lipinski definition) is 1. The number of benzene rings is 1. The van der Waals surface area contributed by atoms with E-state index in [2.05, 4.69) is 20.7 Å². The Morgan fingerprint density at radius 3 is 2.55 bits per heavy atom. The number of hydrogen-bond acceptors (Lipinski definition) is 4. The van der Waals surface area contributed by atoms with Crippen molar-refractivity contribution in [1.82, 2.24) is 25.5 Å². The standard InChI is InChI=1S/C14H16F3N5/c15-14(16,17)12-5-3-10(4-6-12)13(22-20-9-19-21-22)11-2-1-7-18-8-11/h3-6,9,11,13,18H,1-2,7-8H2/t11-,13+/m0/s1. The van der Waals surface area contributed by atoms with Crippen molar-refractivity contribution in [3.8, 4) is 0 Å². The molecule has 22 heavy (non-hydrogen) atoms. The predicted molar refractivity (Wildman–Crippen MR) is 73.0 cm³/mol. The fourth-order valence-electron chi connectivity index (χ4n) is 2.91. The van der Waals surface area contributed by atoms with Gasteiger partial charge in [-0.1, -0.05) is 12.1 Å². The van der Waals surface area contributed by atoms with Crippen molar-refractivity contribution in [1.29, 1.82) is 0 Å². The monoisotopic (exact) mass is 311 g/mol. The van der Waals surface area contributed by atoms with Crippen LogP contribution in [0.4, 0.5) is 13.2 Å². The molecule has 1 N–H and O–H groups in total. The van der Waals surface area contributed by atoms with Crippen LogP contribution in [-0.2, 0) is 6.18 Å². The SMILES string of the molecule is FC(F)(F)c1ccc([C@H]([C@H]2CCCNC2)n2ncnn2)cc1. The fourth-order valence-corrected chi connectivity index (χ4v) is 2.91. The Bertz CT molecular complexity index is 588. The van der Waals surface area contributed by atoms with Gasteiger partial charge in [0.2, 0.25) is 0 Å². The van der Waals surface area contributed by atoms with Crippen molar-refractivity contribution >= 4 is 0 Å². The van der Waals surface area contributed by atoms with Gasteiger partial charge in [0.25, 0.3) is 0 Å². The molecule has 1 aromatic heterocycles. The first-order valence-electron chi connectivity index (χ1n) is 7.16. The van der Waals surface area contributed by atoms with E-state index >= 15 is 0 Å². The average molecular weight is 311 g/mol. The molecule has 1 saturated heterocycles. The third-order valence-corrected chi connectivity index (χ3v) is 3.97. The van der Waals surface area contributed by atoms with Crippen molar-refractivity contribution < 1.29 is 13.2 Å². The van der Waals surface area contributed by atoms with Crippen molar-refractivity contribution in [2.45, 2.75) is 25.1 Å². The number of nitrogens with one attached hydrogen (secondary N) is 1. The summed E-state index contributed by atoms with van der Waals surface area (Å²) in [6.07, 6.45) is -0.990. The van der Waals surface area contributed by atoms with Crippen LogP contribution in [0, 0.1) is 5.92 Å². The maximum absolute atomic E-state index is 12.7. The second-order valence-corrected chi connectivity index (χ2v) is 5.43. The van der Waals surface area contributed by atoms with E-state index < -0.39 is 11.7 Å². The Kier molecular flexibility index (Phi) is 4.10. The summed E-state index contributed by atoms with van der Waals surface area (Å²) >= 11 is 0. The van der Waals surface area contributed by atoms with Gasteiger partial charge in [0.1, 0.15) is 6.04 Å². The molecule has 3 rings (SSSR count). The number of piperidine rings is 1. The van der Waals surface area contributed by atoms with Crippen LogP contribution >= 0.6 is 0 Å². The normalized spacial score (nSPS) is 20.8. The first-order chi connectivity index (χ1) is 10.6. The Hall–Kier alpha value is -1.96. The molecule has 1 aliphatic rings. The summed E-state index contributed by atoms with van der Waals surface area (Å²) in [5.41, 5.74) is 0.114.